The first-order valence-electron chi connectivity index (χ1n) is 4.88. The van der Waals surface area contributed by atoms with E-state index in [1.807, 2.05) is 0 Å². The average Bonchev–Trinajstić information content (AvgIpc) is 2.30. The van der Waals surface area contributed by atoms with Crippen LogP contribution in [0.4, 0.5) is 11.4 Å². The molecular weight excluding hydrogens is 240 g/mol. The van der Waals surface area contributed by atoms with Crippen molar-refractivity contribution in [3.63, 3.8) is 0 Å². The summed E-state index contributed by atoms with van der Waals surface area (Å²) in [6, 6.07) is 11.8. The minimum Gasteiger partial charge on any atom is -0.393 e. The minimum absolute atomic E-state index is 0.0857. The van der Waals surface area contributed by atoms with E-state index >= 15 is 0 Å². The minimum atomic E-state index is -0.491. The van der Waals surface area contributed by atoms with Gasteiger partial charge in [0.15, 0.2) is 0 Å². The van der Waals surface area contributed by atoms with Crippen LogP contribution in [0.5, 0.6) is 0 Å². The molecule has 0 radical (unpaired) electrons. The highest BCUT2D eigenvalue weighted by molar-refractivity contribution is 6.30. The van der Waals surface area contributed by atoms with E-state index in [1.54, 1.807) is 30.3 Å². The van der Waals surface area contributed by atoms with Gasteiger partial charge in [-0.25, -0.2) is 0 Å². The number of rotatable bonds is 2. The van der Waals surface area contributed by atoms with Crippen molar-refractivity contribution in [1.29, 1.82) is 0 Å². The van der Waals surface area contributed by atoms with Gasteiger partial charge in [-0.3, -0.25) is 10.1 Å². The summed E-state index contributed by atoms with van der Waals surface area (Å²) < 4.78 is 0. The monoisotopic (exact) mass is 248 g/mol. The van der Waals surface area contributed by atoms with Gasteiger partial charge in [-0.05, 0) is 29.3 Å². The molecule has 0 unspecified atom stereocenters. The van der Waals surface area contributed by atoms with Gasteiger partial charge in [0, 0.05) is 11.1 Å². The summed E-state index contributed by atoms with van der Waals surface area (Å²) in [4.78, 5) is 10.3. The van der Waals surface area contributed by atoms with Gasteiger partial charge in [-0.15, -0.1) is 0 Å². The fourth-order valence-corrected chi connectivity index (χ4v) is 1.65. The second-order valence-corrected chi connectivity index (χ2v) is 3.97. The van der Waals surface area contributed by atoms with Crippen LogP contribution in [0.1, 0.15) is 0 Å². The van der Waals surface area contributed by atoms with Crippen molar-refractivity contribution in [2.75, 3.05) is 5.73 Å². The zero-order valence-corrected chi connectivity index (χ0v) is 9.52. The van der Waals surface area contributed by atoms with E-state index in [4.69, 9.17) is 17.3 Å². The molecule has 0 bridgehead atoms. The standard InChI is InChI=1S/C12H9ClN2O2/c13-10-4-1-8(2-5-10)9-3-6-11(14)12(7-9)15(16)17/h1-7H,14H2. The van der Waals surface area contributed by atoms with Crippen molar-refractivity contribution < 1.29 is 4.92 Å². The predicted molar refractivity (Wildman–Crippen MR) is 68.0 cm³/mol. The topological polar surface area (TPSA) is 69.2 Å². The third-order valence-electron chi connectivity index (χ3n) is 2.40. The molecule has 0 aliphatic heterocycles. The molecule has 0 fully saturated rings. The zero-order valence-electron chi connectivity index (χ0n) is 8.76. The number of nitrogen functional groups attached to an aromatic ring is 1. The number of nitro groups is 1. The number of benzene rings is 2. The highest BCUT2D eigenvalue weighted by Crippen LogP contribution is 2.29. The van der Waals surface area contributed by atoms with Gasteiger partial charge in [0.05, 0.1) is 4.92 Å². The molecule has 2 N–H and O–H groups in total. The van der Waals surface area contributed by atoms with Gasteiger partial charge in [0.1, 0.15) is 5.69 Å². The largest absolute Gasteiger partial charge is 0.393 e. The smallest absolute Gasteiger partial charge is 0.292 e. The quantitative estimate of drug-likeness (QED) is 0.502. The van der Waals surface area contributed by atoms with Crippen molar-refractivity contribution in [3.8, 4) is 11.1 Å². The number of halogens is 1. The van der Waals surface area contributed by atoms with E-state index in [2.05, 4.69) is 0 Å². The molecule has 0 saturated carbocycles. The zero-order chi connectivity index (χ0) is 12.4. The highest BCUT2D eigenvalue weighted by atomic mass is 35.5. The second kappa shape index (κ2) is 4.43. The summed E-state index contributed by atoms with van der Waals surface area (Å²) in [5.74, 6) is 0. The Morgan fingerprint density at radius 2 is 1.65 bits per heavy atom. The molecule has 2 aromatic rings. The summed E-state index contributed by atoms with van der Waals surface area (Å²) >= 11 is 5.78. The summed E-state index contributed by atoms with van der Waals surface area (Å²) in [6.45, 7) is 0. The predicted octanol–water partition coefficient (Wildman–Crippen LogP) is 3.50. The van der Waals surface area contributed by atoms with Crippen molar-refractivity contribution in [1.82, 2.24) is 0 Å². The highest BCUT2D eigenvalue weighted by Gasteiger charge is 2.12. The van der Waals surface area contributed by atoms with Gasteiger partial charge in [-0.1, -0.05) is 29.8 Å². The molecule has 0 saturated heterocycles. The van der Waals surface area contributed by atoms with Gasteiger partial charge in [-0.2, -0.15) is 0 Å². The molecule has 5 heteroatoms. The molecule has 17 heavy (non-hydrogen) atoms. The summed E-state index contributed by atoms with van der Waals surface area (Å²) in [7, 11) is 0. The van der Waals surface area contributed by atoms with Crippen LogP contribution >= 0.6 is 11.6 Å². The number of nitrogens with two attached hydrogens (primary N) is 1. The Hall–Kier alpha value is -2.07. The van der Waals surface area contributed by atoms with Crippen LogP contribution in [0, 0.1) is 10.1 Å². The lowest BCUT2D eigenvalue weighted by atomic mass is 10.0. The summed E-state index contributed by atoms with van der Waals surface area (Å²) in [5.41, 5.74) is 7.20. The third-order valence-corrected chi connectivity index (χ3v) is 2.66. The number of anilines is 1. The van der Waals surface area contributed by atoms with Gasteiger partial charge in [0.2, 0.25) is 0 Å². The lowest BCUT2D eigenvalue weighted by Gasteiger charge is -2.03. The molecule has 2 aromatic carbocycles. The molecular formula is C12H9ClN2O2. The van der Waals surface area contributed by atoms with Crippen LogP contribution in [0.2, 0.25) is 5.02 Å². The van der Waals surface area contributed by atoms with Crippen LogP contribution in [0.3, 0.4) is 0 Å². The first kappa shape index (κ1) is 11.4. The Kier molecular flexibility index (Phi) is 2.97. The third kappa shape index (κ3) is 2.37. The Morgan fingerprint density at radius 1 is 1.06 bits per heavy atom. The van der Waals surface area contributed by atoms with Crippen molar-refractivity contribution >= 4 is 23.0 Å². The molecule has 0 aromatic heterocycles. The first-order valence-corrected chi connectivity index (χ1v) is 5.25. The van der Waals surface area contributed by atoms with E-state index in [9.17, 15) is 10.1 Å². The second-order valence-electron chi connectivity index (χ2n) is 3.54. The fraction of sp³-hybridized carbons (Fsp3) is 0. The Labute approximate surface area is 103 Å². The van der Waals surface area contributed by atoms with Gasteiger partial charge >= 0.3 is 0 Å². The van der Waals surface area contributed by atoms with E-state index in [0.29, 0.717) is 5.02 Å². The molecule has 0 heterocycles. The van der Waals surface area contributed by atoms with E-state index in [-0.39, 0.29) is 11.4 Å². The molecule has 86 valence electrons. The van der Waals surface area contributed by atoms with E-state index in [0.717, 1.165) is 11.1 Å². The lowest BCUT2D eigenvalue weighted by molar-refractivity contribution is -0.383. The maximum absolute atomic E-state index is 10.8. The number of hydrogen-bond acceptors (Lipinski definition) is 3. The van der Waals surface area contributed by atoms with Gasteiger partial charge in [0.25, 0.3) is 5.69 Å². The SMILES string of the molecule is Nc1ccc(-c2ccc(Cl)cc2)cc1[N+](=O)[O-]. The van der Waals surface area contributed by atoms with Crippen molar-refractivity contribution in [2.24, 2.45) is 0 Å². The van der Waals surface area contributed by atoms with Crippen molar-refractivity contribution in [3.05, 3.63) is 57.6 Å². The fourth-order valence-electron chi connectivity index (χ4n) is 1.52. The Bertz CT molecular complexity index is 567. The summed E-state index contributed by atoms with van der Waals surface area (Å²) in [5, 5.41) is 11.4. The molecule has 0 aliphatic carbocycles. The lowest BCUT2D eigenvalue weighted by Crippen LogP contribution is -1.95. The Morgan fingerprint density at radius 3 is 2.24 bits per heavy atom. The normalized spacial score (nSPS) is 10.2. The molecule has 0 spiro atoms. The maximum Gasteiger partial charge on any atom is 0.292 e. The molecule has 4 nitrogen and oxygen atoms in total. The summed E-state index contributed by atoms with van der Waals surface area (Å²) in [6.07, 6.45) is 0. The van der Waals surface area contributed by atoms with E-state index < -0.39 is 4.92 Å². The van der Waals surface area contributed by atoms with Gasteiger partial charge < -0.3 is 5.73 Å². The van der Waals surface area contributed by atoms with Crippen LogP contribution < -0.4 is 5.73 Å². The molecule has 0 aliphatic rings. The number of hydrogen-bond donors (Lipinski definition) is 1. The molecule has 0 atom stereocenters. The Balaban J connectivity index is 2.50. The van der Waals surface area contributed by atoms with Crippen LogP contribution in [-0.4, -0.2) is 4.92 Å². The maximum atomic E-state index is 10.8. The number of nitro benzene ring substituents is 1. The first-order chi connectivity index (χ1) is 8.08. The number of nitrogens with zero attached hydrogens (tertiary/aromatic N) is 1. The van der Waals surface area contributed by atoms with E-state index in [1.165, 1.54) is 12.1 Å². The molecule has 0 amide bonds. The molecule has 2 rings (SSSR count). The van der Waals surface area contributed by atoms with Crippen LogP contribution in [-0.2, 0) is 0 Å². The van der Waals surface area contributed by atoms with Crippen LogP contribution in [0.15, 0.2) is 42.5 Å². The van der Waals surface area contributed by atoms with Crippen LogP contribution in [0.25, 0.3) is 11.1 Å². The average molecular weight is 249 g/mol. The van der Waals surface area contributed by atoms with Crippen molar-refractivity contribution in [2.45, 2.75) is 0 Å².